The van der Waals surface area contributed by atoms with Crippen LogP contribution in [0.2, 0.25) is 0 Å². The standard InChI is InChI=1S/C24H28N2O3/c1-3-17-7-4-5-10-21(17)25-23(28)16-26(2)24(29)14-13-22(27)20-12-11-18-8-6-9-19(18)15-20/h4-5,7,10-12,15H,3,6,8-9,13-14,16H2,1-2H3,(H,25,28). The molecule has 0 spiro atoms. The maximum absolute atomic E-state index is 12.5. The van der Waals surface area contributed by atoms with Gasteiger partial charge in [0.15, 0.2) is 5.78 Å². The molecule has 0 aliphatic heterocycles. The normalized spacial score (nSPS) is 12.3. The number of amides is 2. The molecule has 0 saturated heterocycles. The van der Waals surface area contributed by atoms with Crippen LogP contribution < -0.4 is 5.32 Å². The average molecular weight is 392 g/mol. The van der Waals surface area contributed by atoms with Crippen LogP contribution in [0, 0.1) is 0 Å². The number of anilines is 1. The Morgan fingerprint density at radius 1 is 1.00 bits per heavy atom. The van der Waals surface area contributed by atoms with Crippen molar-refractivity contribution in [3.63, 3.8) is 0 Å². The molecule has 2 aromatic rings. The van der Waals surface area contributed by atoms with Gasteiger partial charge in [-0.15, -0.1) is 0 Å². The van der Waals surface area contributed by atoms with Gasteiger partial charge in [0.05, 0.1) is 6.54 Å². The summed E-state index contributed by atoms with van der Waals surface area (Å²) in [4.78, 5) is 38.5. The highest BCUT2D eigenvalue weighted by Gasteiger charge is 2.17. The number of aryl methyl sites for hydroxylation is 3. The maximum Gasteiger partial charge on any atom is 0.243 e. The van der Waals surface area contributed by atoms with Crippen LogP contribution in [-0.4, -0.2) is 36.1 Å². The lowest BCUT2D eigenvalue weighted by molar-refractivity contribution is -0.133. The molecule has 0 unspecified atom stereocenters. The Kier molecular flexibility index (Phi) is 6.81. The van der Waals surface area contributed by atoms with E-state index in [0.29, 0.717) is 5.56 Å². The molecule has 2 amide bonds. The third-order valence-corrected chi connectivity index (χ3v) is 5.47. The smallest absolute Gasteiger partial charge is 0.243 e. The molecule has 0 atom stereocenters. The van der Waals surface area contributed by atoms with Crippen molar-refractivity contribution in [1.29, 1.82) is 0 Å². The van der Waals surface area contributed by atoms with E-state index >= 15 is 0 Å². The Hall–Kier alpha value is -2.95. The fourth-order valence-corrected chi connectivity index (χ4v) is 3.74. The Labute approximate surface area is 172 Å². The van der Waals surface area contributed by atoms with Crippen LogP contribution in [0.1, 0.15) is 53.2 Å². The number of nitrogens with one attached hydrogen (secondary N) is 1. The largest absolute Gasteiger partial charge is 0.336 e. The third kappa shape index (κ3) is 5.31. The van der Waals surface area contributed by atoms with E-state index in [1.165, 1.54) is 16.0 Å². The number of ketones is 1. The Morgan fingerprint density at radius 2 is 1.76 bits per heavy atom. The summed E-state index contributed by atoms with van der Waals surface area (Å²) in [5.41, 5.74) is 5.08. The van der Waals surface area contributed by atoms with Gasteiger partial charge in [0.25, 0.3) is 0 Å². The lowest BCUT2D eigenvalue weighted by atomic mass is 10.0. The van der Waals surface area contributed by atoms with E-state index in [9.17, 15) is 14.4 Å². The summed E-state index contributed by atoms with van der Waals surface area (Å²) in [6.45, 7) is 1.99. The van der Waals surface area contributed by atoms with Crippen LogP contribution >= 0.6 is 0 Å². The van der Waals surface area contributed by atoms with Crippen molar-refractivity contribution in [3.8, 4) is 0 Å². The third-order valence-electron chi connectivity index (χ3n) is 5.47. The highest BCUT2D eigenvalue weighted by molar-refractivity contribution is 5.99. The minimum atomic E-state index is -0.244. The molecule has 152 valence electrons. The lowest BCUT2D eigenvalue weighted by Crippen LogP contribution is -2.35. The van der Waals surface area contributed by atoms with Crippen LogP contribution in [0.3, 0.4) is 0 Å². The molecule has 0 heterocycles. The highest BCUT2D eigenvalue weighted by atomic mass is 16.2. The van der Waals surface area contributed by atoms with E-state index in [-0.39, 0.29) is 37.0 Å². The highest BCUT2D eigenvalue weighted by Crippen LogP contribution is 2.23. The van der Waals surface area contributed by atoms with Crippen molar-refractivity contribution < 1.29 is 14.4 Å². The summed E-state index contributed by atoms with van der Waals surface area (Å²) in [5, 5.41) is 2.86. The number of rotatable bonds is 8. The minimum Gasteiger partial charge on any atom is -0.336 e. The topological polar surface area (TPSA) is 66.5 Å². The molecule has 5 nitrogen and oxygen atoms in total. The molecule has 2 aromatic carbocycles. The van der Waals surface area contributed by atoms with Crippen molar-refractivity contribution in [2.75, 3.05) is 18.9 Å². The zero-order chi connectivity index (χ0) is 20.8. The quantitative estimate of drug-likeness (QED) is 0.695. The number of para-hydroxylation sites is 1. The lowest BCUT2D eigenvalue weighted by Gasteiger charge is -2.17. The SMILES string of the molecule is CCc1ccccc1NC(=O)CN(C)C(=O)CCC(=O)c1ccc2c(c1)CCC2. The van der Waals surface area contributed by atoms with Gasteiger partial charge in [-0.05, 0) is 54.5 Å². The van der Waals surface area contributed by atoms with Gasteiger partial charge in [-0.2, -0.15) is 0 Å². The number of fused-ring (bicyclic) bond motifs is 1. The molecule has 0 saturated carbocycles. The molecular formula is C24H28N2O3. The molecule has 1 N–H and O–H groups in total. The van der Waals surface area contributed by atoms with Gasteiger partial charge in [0.2, 0.25) is 11.8 Å². The van der Waals surface area contributed by atoms with E-state index in [2.05, 4.69) is 5.32 Å². The molecule has 0 fully saturated rings. The molecule has 1 aliphatic carbocycles. The summed E-state index contributed by atoms with van der Waals surface area (Å²) in [5.74, 6) is -0.479. The minimum absolute atomic E-state index is 0.0252. The number of carbonyl (C=O) groups is 3. The van der Waals surface area contributed by atoms with E-state index in [1.807, 2.05) is 49.4 Å². The van der Waals surface area contributed by atoms with Crippen molar-refractivity contribution >= 4 is 23.3 Å². The number of hydrogen-bond donors (Lipinski definition) is 1. The molecule has 5 heteroatoms. The van der Waals surface area contributed by atoms with Gasteiger partial charge in [-0.3, -0.25) is 14.4 Å². The number of likely N-dealkylation sites (N-methyl/N-ethyl adjacent to an activating group) is 1. The first kappa shape index (κ1) is 20.8. The number of carbonyl (C=O) groups excluding carboxylic acids is 3. The second-order valence-corrected chi connectivity index (χ2v) is 7.57. The fourth-order valence-electron chi connectivity index (χ4n) is 3.74. The van der Waals surface area contributed by atoms with Crippen LogP contribution in [0.5, 0.6) is 0 Å². The molecule has 29 heavy (non-hydrogen) atoms. The van der Waals surface area contributed by atoms with E-state index in [1.54, 1.807) is 7.05 Å². The van der Waals surface area contributed by atoms with E-state index in [4.69, 9.17) is 0 Å². The first-order chi connectivity index (χ1) is 14.0. The second kappa shape index (κ2) is 9.50. The fraction of sp³-hybridized carbons (Fsp3) is 0.375. The van der Waals surface area contributed by atoms with Gasteiger partial charge in [0.1, 0.15) is 0 Å². The zero-order valence-electron chi connectivity index (χ0n) is 17.2. The Balaban J connectivity index is 1.48. The molecule has 0 radical (unpaired) electrons. The van der Waals surface area contributed by atoms with Crippen molar-refractivity contribution in [2.45, 2.75) is 45.4 Å². The monoisotopic (exact) mass is 392 g/mol. The first-order valence-electron chi connectivity index (χ1n) is 10.2. The molecule has 0 bridgehead atoms. The number of Topliss-reactive ketones (excluding diaryl/α,β-unsaturated/α-hetero) is 1. The van der Waals surface area contributed by atoms with Crippen LogP contribution in [0.4, 0.5) is 5.69 Å². The predicted octanol–water partition coefficient (Wildman–Crippen LogP) is 3.80. The molecule has 1 aliphatic rings. The predicted molar refractivity (Wildman–Crippen MR) is 114 cm³/mol. The zero-order valence-corrected chi connectivity index (χ0v) is 17.2. The first-order valence-corrected chi connectivity index (χ1v) is 10.2. The van der Waals surface area contributed by atoms with Crippen LogP contribution in [-0.2, 0) is 28.9 Å². The van der Waals surface area contributed by atoms with Crippen molar-refractivity contribution in [1.82, 2.24) is 4.90 Å². The van der Waals surface area contributed by atoms with Gasteiger partial charge >= 0.3 is 0 Å². The van der Waals surface area contributed by atoms with Crippen LogP contribution in [0.15, 0.2) is 42.5 Å². The van der Waals surface area contributed by atoms with E-state index in [0.717, 1.165) is 36.9 Å². The van der Waals surface area contributed by atoms with Crippen molar-refractivity contribution in [3.05, 3.63) is 64.7 Å². The van der Waals surface area contributed by atoms with Crippen LogP contribution in [0.25, 0.3) is 0 Å². The maximum atomic E-state index is 12.5. The molecule has 3 rings (SSSR count). The number of benzene rings is 2. The van der Waals surface area contributed by atoms with E-state index < -0.39 is 0 Å². The Bertz CT molecular complexity index is 920. The summed E-state index contributed by atoms with van der Waals surface area (Å²) >= 11 is 0. The average Bonchev–Trinajstić information content (AvgIpc) is 3.19. The van der Waals surface area contributed by atoms with Crippen molar-refractivity contribution in [2.24, 2.45) is 0 Å². The van der Waals surface area contributed by atoms with Gasteiger partial charge < -0.3 is 10.2 Å². The van der Waals surface area contributed by atoms with Gasteiger partial charge in [-0.25, -0.2) is 0 Å². The molecule has 0 aromatic heterocycles. The summed E-state index contributed by atoms with van der Waals surface area (Å²) in [6.07, 6.45) is 4.32. The Morgan fingerprint density at radius 3 is 2.55 bits per heavy atom. The number of hydrogen-bond acceptors (Lipinski definition) is 3. The summed E-state index contributed by atoms with van der Waals surface area (Å²) in [7, 11) is 1.59. The second-order valence-electron chi connectivity index (χ2n) is 7.57. The van der Waals surface area contributed by atoms with Gasteiger partial charge in [0, 0.05) is 31.1 Å². The molecular weight excluding hydrogens is 364 g/mol. The summed E-state index contributed by atoms with van der Waals surface area (Å²) < 4.78 is 0. The number of nitrogens with zero attached hydrogens (tertiary/aromatic N) is 1. The van der Waals surface area contributed by atoms with Gasteiger partial charge in [-0.1, -0.05) is 37.3 Å². The summed E-state index contributed by atoms with van der Waals surface area (Å²) in [6, 6.07) is 13.5.